The van der Waals surface area contributed by atoms with Crippen molar-refractivity contribution in [2.45, 2.75) is 29.9 Å². The van der Waals surface area contributed by atoms with Gasteiger partial charge in [-0.25, -0.2) is 12.8 Å². The quantitative estimate of drug-likeness (QED) is 0.596. The van der Waals surface area contributed by atoms with Crippen molar-refractivity contribution >= 4 is 21.6 Å². The summed E-state index contributed by atoms with van der Waals surface area (Å²) in [5.74, 6) is -1.62. The zero-order valence-corrected chi connectivity index (χ0v) is 17.7. The van der Waals surface area contributed by atoms with Gasteiger partial charge >= 0.3 is 0 Å². The summed E-state index contributed by atoms with van der Waals surface area (Å²) in [5, 5.41) is 21.9. The molecular weight excluding hydrogens is 427 g/mol. The Bertz CT molecular complexity index is 1200. The molecule has 0 radical (unpaired) electrons. The van der Waals surface area contributed by atoms with Gasteiger partial charge in [-0.05, 0) is 31.5 Å². The highest BCUT2D eigenvalue weighted by atomic mass is 32.2. The Morgan fingerprint density at radius 3 is 2.94 bits per heavy atom. The number of aliphatic hydroxyl groups is 1. The molecule has 164 valence electrons. The molecule has 0 spiro atoms. The summed E-state index contributed by atoms with van der Waals surface area (Å²) < 4.78 is 48.9. The molecule has 1 aliphatic heterocycles. The molecule has 0 aliphatic carbocycles. The summed E-state index contributed by atoms with van der Waals surface area (Å²) >= 11 is 0. The first-order valence-electron chi connectivity index (χ1n) is 9.18. The van der Waals surface area contributed by atoms with E-state index in [0.29, 0.717) is 0 Å². The maximum absolute atomic E-state index is 13.5. The first-order valence-corrected chi connectivity index (χ1v) is 10.7. The number of carbonyl (C=O) groups is 1. The van der Waals surface area contributed by atoms with E-state index >= 15 is 0 Å². The van der Waals surface area contributed by atoms with Crippen LogP contribution in [-0.2, 0) is 17.1 Å². The number of nitrogens with one attached hydrogen (secondary N) is 2. The van der Waals surface area contributed by atoms with Gasteiger partial charge in [0.15, 0.2) is 11.4 Å². The number of aromatic nitrogens is 1. The lowest BCUT2D eigenvalue weighted by atomic mass is 9.94. The van der Waals surface area contributed by atoms with Gasteiger partial charge in [-0.1, -0.05) is 6.08 Å². The first kappa shape index (κ1) is 22.5. The SMILES string of the molecule is C=CC[C@H](O)[C@@]1(C)COc2c(cn(C)c2C(=O)Nc2ccc(F)c(C#N)c2)S(=O)(=O)N1. The molecule has 2 atom stereocenters. The Morgan fingerprint density at radius 2 is 2.29 bits per heavy atom. The van der Waals surface area contributed by atoms with Crippen molar-refractivity contribution in [3.63, 3.8) is 0 Å². The van der Waals surface area contributed by atoms with E-state index in [2.05, 4.69) is 16.6 Å². The van der Waals surface area contributed by atoms with E-state index in [4.69, 9.17) is 10.00 Å². The van der Waals surface area contributed by atoms with Crippen molar-refractivity contribution in [3.05, 3.63) is 54.1 Å². The Hall–Kier alpha value is -3.20. The fourth-order valence-corrected chi connectivity index (χ4v) is 4.86. The van der Waals surface area contributed by atoms with Crippen molar-refractivity contribution < 1.29 is 27.4 Å². The normalized spacial score (nSPS) is 20.5. The van der Waals surface area contributed by atoms with Gasteiger partial charge < -0.3 is 19.7 Å². The first-order chi connectivity index (χ1) is 14.5. The maximum Gasteiger partial charge on any atom is 0.276 e. The number of amides is 1. The van der Waals surface area contributed by atoms with Crippen LogP contribution >= 0.6 is 0 Å². The highest BCUT2D eigenvalue weighted by Crippen LogP contribution is 2.35. The number of fused-ring (bicyclic) bond motifs is 1. The highest BCUT2D eigenvalue weighted by Gasteiger charge is 2.43. The minimum atomic E-state index is -4.14. The van der Waals surface area contributed by atoms with Crippen molar-refractivity contribution in [1.82, 2.24) is 9.29 Å². The zero-order chi connectivity index (χ0) is 23.0. The molecule has 1 aliphatic rings. The number of nitrogens with zero attached hydrogens (tertiary/aromatic N) is 2. The molecule has 3 rings (SSSR count). The molecule has 11 heteroatoms. The van der Waals surface area contributed by atoms with E-state index in [0.717, 1.165) is 12.1 Å². The van der Waals surface area contributed by atoms with Gasteiger partial charge in [-0.15, -0.1) is 6.58 Å². The lowest BCUT2D eigenvalue weighted by Crippen LogP contribution is -2.56. The molecule has 3 N–H and O–H groups in total. The predicted molar refractivity (Wildman–Crippen MR) is 110 cm³/mol. The lowest BCUT2D eigenvalue weighted by molar-refractivity contribution is 0.0542. The number of aliphatic hydroxyl groups excluding tert-OH is 1. The van der Waals surface area contributed by atoms with E-state index in [9.17, 15) is 22.7 Å². The van der Waals surface area contributed by atoms with Crippen LogP contribution in [-0.4, -0.2) is 42.2 Å². The number of hydrogen-bond donors (Lipinski definition) is 3. The standard InChI is InChI=1S/C20H21FN4O5S/c1-4-5-16(26)20(2)11-30-18-15(31(28,29)24-20)10-25(3)17(18)19(27)23-13-6-7-14(21)12(8-13)9-22/h4,6-8,10,16,24,26H,1,5,11H2,2-3H3,(H,23,27)/t16-,20+/m0/s1. The molecular formula is C20H21FN4O5S. The number of aryl methyl sites for hydroxylation is 1. The van der Waals surface area contributed by atoms with E-state index in [1.54, 1.807) is 6.07 Å². The topological polar surface area (TPSA) is 133 Å². The fourth-order valence-electron chi connectivity index (χ4n) is 3.24. The largest absolute Gasteiger partial charge is 0.488 e. The van der Waals surface area contributed by atoms with Gasteiger partial charge in [-0.2, -0.15) is 9.98 Å². The number of rotatable bonds is 5. The second kappa shape index (κ2) is 8.14. The van der Waals surface area contributed by atoms with Crippen molar-refractivity contribution in [2.24, 2.45) is 7.05 Å². The summed E-state index contributed by atoms with van der Waals surface area (Å²) in [5.41, 5.74) is -1.55. The molecule has 0 unspecified atom stereocenters. The molecule has 0 fully saturated rings. The van der Waals surface area contributed by atoms with Crippen LogP contribution in [0.4, 0.5) is 10.1 Å². The predicted octanol–water partition coefficient (Wildman–Crippen LogP) is 1.65. The van der Waals surface area contributed by atoms with Gasteiger partial charge in [0.25, 0.3) is 5.91 Å². The Kier molecular flexibility index (Phi) is 5.91. The van der Waals surface area contributed by atoms with Gasteiger partial charge in [0.2, 0.25) is 10.0 Å². The summed E-state index contributed by atoms with van der Waals surface area (Å²) in [6.07, 6.45) is 1.70. The van der Waals surface area contributed by atoms with E-state index < -0.39 is 33.4 Å². The van der Waals surface area contributed by atoms with Crippen molar-refractivity contribution in [1.29, 1.82) is 5.26 Å². The fraction of sp³-hybridized carbons (Fsp3) is 0.300. The minimum absolute atomic E-state index is 0.0920. The molecule has 0 saturated heterocycles. The number of sulfonamides is 1. The molecule has 9 nitrogen and oxygen atoms in total. The van der Waals surface area contributed by atoms with Gasteiger partial charge in [0, 0.05) is 18.9 Å². The third kappa shape index (κ3) is 4.18. The van der Waals surface area contributed by atoms with E-state index in [1.807, 2.05) is 0 Å². The monoisotopic (exact) mass is 448 g/mol. The van der Waals surface area contributed by atoms with Crippen LogP contribution in [0.3, 0.4) is 0 Å². The third-order valence-electron chi connectivity index (χ3n) is 4.96. The summed E-state index contributed by atoms with van der Waals surface area (Å²) in [6, 6.07) is 5.16. The van der Waals surface area contributed by atoms with Crippen LogP contribution in [0.5, 0.6) is 5.75 Å². The Labute approximate surface area is 178 Å². The number of anilines is 1. The zero-order valence-electron chi connectivity index (χ0n) is 16.8. The number of carbonyl (C=O) groups excluding carboxylic acids is 1. The molecule has 0 bridgehead atoms. The van der Waals surface area contributed by atoms with Crippen molar-refractivity contribution in [3.8, 4) is 11.8 Å². The molecule has 1 amide bonds. The molecule has 1 aromatic heterocycles. The van der Waals surface area contributed by atoms with Gasteiger partial charge in [-0.3, -0.25) is 4.79 Å². The van der Waals surface area contributed by atoms with E-state index in [1.165, 1.54) is 36.9 Å². The molecule has 1 aromatic carbocycles. The number of halogens is 1. The molecule has 0 saturated carbocycles. The van der Waals surface area contributed by atoms with Crippen LogP contribution in [0, 0.1) is 17.1 Å². The number of hydrogen-bond acceptors (Lipinski definition) is 6. The Balaban J connectivity index is 1.98. The molecule has 2 aromatic rings. The number of nitriles is 1. The molecule has 2 heterocycles. The minimum Gasteiger partial charge on any atom is -0.488 e. The van der Waals surface area contributed by atoms with Crippen LogP contribution in [0.15, 0.2) is 41.9 Å². The summed E-state index contributed by atoms with van der Waals surface area (Å²) in [7, 11) is -2.66. The highest BCUT2D eigenvalue weighted by molar-refractivity contribution is 7.89. The maximum atomic E-state index is 13.5. The second-order valence-electron chi connectivity index (χ2n) is 7.39. The van der Waals surface area contributed by atoms with Crippen molar-refractivity contribution in [2.75, 3.05) is 11.9 Å². The van der Waals surface area contributed by atoms with Crippen LogP contribution in [0.1, 0.15) is 29.4 Å². The number of benzene rings is 1. The molecule has 31 heavy (non-hydrogen) atoms. The van der Waals surface area contributed by atoms with Crippen LogP contribution < -0.4 is 14.8 Å². The van der Waals surface area contributed by atoms with Crippen LogP contribution in [0.25, 0.3) is 0 Å². The summed E-state index contributed by atoms with van der Waals surface area (Å²) in [6.45, 7) is 4.79. The average molecular weight is 448 g/mol. The third-order valence-corrected chi connectivity index (χ3v) is 6.57. The lowest BCUT2D eigenvalue weighted by Gasteiger charge is -2.32. The Morgan fingerprint density at radius 1 is 1.58 bits per heavy atom. The second-order valence-corrected chi connectivity index (χ2v) is 9.05. The van der Waals surface area contributed by atoms with Gasteiger partial charge in [0.05, 0.1) is 17.2 Å². The smallest absolute Gasteiger partial charge is 0.276 e. The average Bonchev–Trinajstić information content (AvgIpc) is 3.00. The van der Waals surface area contributed by atoms with E-state index in [-0.39, 0.29) is 40.6 Å². The van der Waals surface area contributed by atoms with Gasteiger partial charge in [0.1, 0.15) is 23.4 Å². The van der Waals surface area contributed by atoms with Crippen LogP contribution in [0.2, 0.25) is 0 Å². The summed E-state index contributed by atoms with van der Waals surface area (Å²) in [4.78, 5) is 12.6. The number of ether oxygens (including phenoxy) is 1.